The van der Waals surface area contributed by atoms with E-state index in [4.69, 9.17) is 4.42 Å². The van der Waals surface area contributed by atoms with E-state index in [0.717, 1.165) is 31.7 Å². The van der Waals surface area contributed by atoms with Gasteiger partial charge in [-0.3, -0.25) is 14.7 Å². The van der Waals surface area contributed by atoms with Gasteiger partial charge < -0.3 is 9.32 Å². The SMILES string of the molecule is O=C1[C@H]2CN(Cc3ccoc3)C[C@H]2CN1Cc1cccnc1. The van der Waals surface area contributed by atoms with Crippen LogP contribution in [-0.2, 0) is 17.9 Å². The fourth-order valence-electron chi connectivity index (χ4n) is 3.66. The van der Waals surface area contributed by atoms with Crippen LogP contribution >= 0.6 is 0 Å². The number of furan rings is 1. The highest BCUT2D eigenvalue weighted by molar-refractivity contribution is 5.82. The van der Waals surface area contributed by atoms with E-state index in [1.54, 1.807) is 18.7 Å². The third-order valence-electron chi connectivity index (χ3n) is 4.68. The van der Waals surface area contributed by atoms with E-state index in [0.29, 0.717) is 18.4 Å². The first-order valence-electron chi connectivity index (χ1n) is 7.71. The third kappa shape index (κ3) is 2.52. The van der Waals surface area contributed by atoms with Crippen molar-refractivity contribution in [3.05, 3.63) is 54.2 Å². The lowest BCUT2D eigenvalue weighted by Gasteiger charge is -2.21. The summed E-state index contributed by atoms with van der Waals surface area (Å²) in [5.41, 5.74) is 2.28. The van der Waals surface area contributed by atoms with Gasteiger partial charge in [0.05, 0.1) is 18.4 Å². The van der Waals surface area contributed by atoms with Crippen LogP contribution in [-0.4, -0.2) is 40.3 Å². The summed E-state index contributed by atoms with van der Waals surface area (Å²) in [5, 5.41) is 0. The van der Waals surface area contributed by atoms with Gasteiger partial charge in [0, 0.05) is 56.6 Å². The van der Waals surface area contributed by atoms with Crippen molar-refractivity contribution in [2.45, 2.75) is 13.1 Å². The highest BCUT2D eigenvalue weighted by atomic mass is 16.3. The molecule has 0 bridgehead atoms. The van der Waals surface area contributed by atoms with Gasteiger partial charge in [-0.25, -0.2) is 0 Å². The molecule has 0 aliphatic carbocycles. The van der Waals surface area contributed by atoms with Crippen molar-refractivity contribution in [2.24, 2.45) is 11.8 Å². The number of fused-ring (bicyclic) bond motifs is 1. The molecule has 1 amide bonds. The second-order valence-electron chi connectivity index (χ2n) is 6.27. The van der Waals surface area contributed by atoms with Gasteiger partial charge in [-0.2, -0.15) is 0 Å². The maximum Gasteiger partial charge on any atom is 0.227 e. The van der Waals surface area contributed by atoms with E-state index >= 15 is 0 Å². The van der Waals surface area contributed by atoms with Crippen LogP contribution in [0.4, 0.5) is 0 Å². The summed E-state index contributed by atoms with van der Waals surface area (Å²) in [7, 11) is 0. The Morgan fingerprint density at radius 2 is 2.14 bits per heavy atom. The molecule has 0 spiro atoms. The predicted molar refractivity (Wildman–Crippen MR) is 80.6 cm³/mol. The molecule has 5 heteroatoms. The molecule has 0 radical (unpaired) electrons. The van der Waals surface area contributed by atoms with Crippen molar-refractivity contribution < 1.29 is 9.21 Å². The molecule has 0 saturated carbocycles. The van der Waals surface area contributed by atoms with E-state index in [-0.39, 0.29) is 5.92 Å². The van der Waals surface area contributed by atoms with E-state index in [1.807, 2.05) is 29.3 Å². The molecule has 2 atom stereocenters. The lowest BCUT2D eigenvalue weighted by atomic mass is 10.0. The molecule has 4 heterocycles. The van der Waals surface area contributed by atoms with Crippen molar-refractivity contribution in [3.63, 3.8) is 0 Å². The number of hydrogen-bond donors (Lipinski definition) is 0. The van der Waals surface area contributed by atoms with Gasteiger partial charge in [0.1, 0.15) is 0 Å². The molecule has 0 N–H and O–H groups in total. The Morgan fingerprint density at radius 1 is 1.18 bits per heavy atom. The Bertz CT molecular complexity index is 641. The largest absolute Gasteiger partial charge is 0.472 e. The summed E-state index contributed by atoms with van der Waals surface area (Å²) < 4.78 is 5.12. The number of nitrogens with zero attached hydrogens (tertiary/aromatic N) is 3. The van der Waals surface area contributed by atoms with Gasteiger partial charge in [-0.15, -0.1) is 0 Å². The van der Waals surface area contributed by atoms with Crippen LogP contribution in [0.3, 0.4) is 0 Å². The molecule has 22 heavy (non-hydrogen) atoms. The molecular formula is C17H19N3O2. The molecule has 0 unspecified atom stereocenters. The monoisotopic (exact) mass is 297 g/mol. The normalized spacial score (nSPS) is 24.9. The Morgan fingerprint density at radius 3 is 2.86 bits per heavy atom. The first kappa shape index (κ1) is 13.5. The number of rotatable bonds is 4. The Kier molecular flexibility index (Phi) is 3.42. The van der Waals surface area contributed by atoms with Crippen LogP contribution in [0, 0.1) is 11.8 Å². The minimum absolute atomic E-state index is 0.156. The zero-order valence-electron chi connectivity index (χ0n) is 12.4. The van der Waals surface area contributed by atoms with Crippen LogP contribution in [0.1, 0.15) is 11.1 Å². The second kappa shape index (κ2) is 5.57. The number of amides is 1. The summed E-state index contributed by atoms with van der Waals surface area (Å²) in [6.07, 6.45) is 7.09. The van der Waals surface area contributed by atoms with E-state index in [1.165, 1.54) is 5.56 Å². The predicted octanol–water partition coefficient (Wildman–Crippen LogP) is 1.77. The lowest BCUT2D eigenvalue weighted by Crippen LogP contribution is -2.32. The molecule has 2 aliphatic rings. The lowest BCUT2D eigenvalue weighted by molar-refractivity contribution is -0.131. The van der Waals surface area contributed by atoms with Crippen molar-refractivity contribution >= 4 is 5.91 Å². The highest BCUT2D eigenvalue weighted by Crippen LogP contribution is 2.33. The average Bonchev–Trinajstić information content (AvgIpc) is 3.22. The quantitative estimate of drug-likeness (QED) is 0.863. The van der Waals surface area contributed by atoms with Gasteiger partial charge in [0.25, 0.3) is 0 Å². The van der Waals surface area contributed by atoms with Gasteiger partial charge in [0.15, 0.2) is 0 Å². The summed E-state index contributed by atoms with van der Waals surface area (Å²) in [6, 6.07) is 5.94. The van der Waals surface area contributed by atoms with Crippen molar-refractivity contribution in [3.8, 4) is 0 Å². The van der Waals surface area contributed by atoms with Gasteiger partial charge in [0.2, 0.25) is 5.91 Å². The molecule has 2 aromatic rings. The molecule has 2 saturated heterocycles. The molecule has 114 valence electrons. The topological polar surface area (TPSA) is 49.6 Å². The molecule has 5 nitrogen and oxygen atoms in total. The third-order valence-corrected chi connectivity index (χ3v) is 4.68. The molecular weight excluding hydrogens is 278 g/mol. The number of carbonyl (C=O) groups excluding carboxylic acids is 1. The van der Waals surface area contributed by atoms with Crippen LogP contribution in [0.25, 0.3) is 0 Å². The standard InChI is InChI=1S/C17H19N3O2/c21-17-16-11-19(7-14-3-5-22-12-14)9-15(16)10-20(17)8-13-2-1-4-18-6-13/h1-6,12,15-16H,7-11H2/t15-,16-/m0/s1. The number of aromatic nitrogens is 1. The molecule has 2 aromatic heterocycles. The molecule has 0 aromatic carbocycles. The minimum Gasteiger partial charge on any atom is -0.472 e. The van der Waals surface area contributed by atoms with Crippen molar-refractivity contribution in [1.29, 1.82) is 0 Å². The zero-order chi connectivity index (χ0) is 14.9. The highest BCUT2D eigenvalue weighted by Gasteiger charge is 2.45. The fraction of sp³-hybridized carbons (Fsp3) is 0.412. The van der Waals surface area contributed by atoms with Crippen LogP contribution in [0.5, 0.6) is 0 Å². The Balaban J connectivity index is 1.38. The molecule has 4 rings (SSSR count). The molecule has 2 fully saturated rings. The maximum atomic E-state index is 12.6. The smallest absolute Gasteiger partial charge is 0.227 e. The van der Waals surface area contributed by atoms with E-state index in [9.17, 15) is 4.79 Å². The summed E-state index contributed by atoms with van der Waals surface area (Å²) in [6.45, 7) is 4.27. The zero-order valence-corrected chi connectivity index (χ0v) is 12.4. The Labute approximate surface area is 129 Å². The van der Waals surface area contributed by atoms with Crippen LogP contribution < -0.4 is 0 Å². The minimum atomic E-state index is 0.156. The fourth-order valence-corrected chi connectivity index (χ4v) is 3.66. The average molecular weight is 297 g/mol. The van der Waals surface area contributed by atoms with Gasteiger partial charge in [-0.05, 0) is 17.7 Å². The number of pyridine rings is 1. The first-order chi connectivity index (χ1) is 10.8. The second-order valence-corrected chi connectivity index (χ2v) is 6.27. The van der Waals surface area contributed by atoms with E-state index in [2.05, 4.69) is 9.88 Å². The van der Waals surface area contributed by atoms with Gasteiger partial charge >= 0.3 is 0 Å². The van der Waals surface area contributed by atoms with Gasteiger partial charge in [-0.1, -0.05) is 6.07 Å². The number of carbonyl (C=O) groups is 1. The summed E-state index contributed by atoms with van der Waals surface area (Å²) >= 11 is 0. The maximum absolute atomic E-state index is 12.6. The molecule has 2 aliphatic heterocycles. The van der Waals surface area contributed by atoms with Crippen LogP contribution in [0.15, 0.2) is 47.5 Å². The van der Waals surface area contributed by atoms with E-state index < -0.39 is 0 Å². The van der Waals surface area contributed by atoms with Crippen molar-refractivity contribution in [2.75, 3.05) is 19.6 Å². The Hall–Kier alpha value is -2.14. The summed E-state index contributed by atoms with van der Waals surface area (Å²) in [5.74, 6) is 0.906. The number of likely N-dealkylation sites (tertiary alicyclic amines) is 2. The van der Waals surface area contributed by atoms with Crippen molar-refractivity contribution in [1.82, 2.24) is 14.8 Å². The first-order valence-corrected chi connectivity index (χ1v) is 7.71. The summed E-state index contributed by atoms with van der Waals surface area (Å²) in [4.78, 5) is 21.1. The number of hydrogen-bond acceptors (Lipinski definition) is 4. The van der Waals surface area contributed by atoms with Crippen LogP contribution in [0.2, 0.25) is 0 Å².